The Labute approximate surface area is 220 Å². The van der Waals surface area contributed by atoms with Crippen LogP contribution in [-0.4, -0.2) is 71.4 Å². The molecule has 1 amide bonds. The lowest BCUT2D eigenvalue weighted by molar-refractivity contribution is 0.0254. The molecule has 4 heterocycles. The first-order valence-corrected chi connectivity index (χ1v) is 12.8. The Hall–Kier alpha value is -4.26. The summed E-state index contributed by atoms with van der Waals surface area (Å²) in [6.07, 6.45) is 3.19. The summed E-state index contributed by atoms with van der Waals surface area (Å²) >= 11 is 0. The predicted molar refractivity (Wildman–Crippen MR) is 141 cm³/mol. The Balaban J connectivity index is 1.27. The number of rotatable bonds is 5. The maximum absolute atomic E-state index is 12.8. The smallest absolute Gasteiger partial charge is 0.254 e. The van der Waals surface area contributed by atoms with Crippen LogP contribution in [0.25, 0.3) is 33.5 Å². The number of benzene rings is 2. The number of carbonyl (C=O) groups excluding carboxylic acids is 1. The zero-order valence-corrected chi connectivity index (χ0v) is 20.9. The Kier molecular flexibility index (Phi) is 6.73. The molecule has 2 fully saturated rings. The lowest BCUT2D eigenvalue weighted by Gasteiger charge is -2.26. The number of hydrogen-bond acceptors (Lipinski definition) is 7. The number of nitrogens with one attached hydrogen (secondary N) is 1. The second kappa shape index (κ2) is 10.6. The van der Waals surface area contributed by atoms with Crippen LogP contribution >= 0.6 is 0 Å². The number of amides is 1. The topological polar surface area (TPSA) is 113 Å². The third-order valence-corrected chi connectivity index (χ3v) is 7.00. The van der Waals surface area contributed by atoms with Crippen LogP contribution in [0.2, 0.25) is 0 Å². The molecule has 0 unspecified atom stereocenters. The van der Waals surface area contributed by atoms with E-state index in [0.29, 0.717) is 62.0 Å². The number of ether oxygens (including phenoxy) is 3. The summed E-state index contributed by atoms with van der Waals surface area (Å²) < 4.78 is 16.9. The Morgan fingerprint density at radius 1 is 0.974 bits per heavy atom. The van der Waals surface area contributed by atoms with Gasteiger partial charge in [0.2, 0.25) is 0 Å². The molecule has 4 aromatic rings. The molecular formula is C29H27N5O4. The summed E-state index contributed by atoms with van der Waals surface area (Å²) in [5, 5.41) is 10.6. The molecule has 0 saturated carbocycles. The molecule has 9 nitrogen and oxygen atoms in total. The number of carbonyl (C=O) groups is 1. The predicted octanol–water partition coefficient (Wildman–Crippen LogP) is 4.19. The number of fused-ring (bicyclic) bond motifs is 1. The van der Waals surface area contributed by atoms with E-state index in [4.69, 9.17) is 14.2 Å². The molecule has 2 aromatic carbocycles. The van der Waals surface area contributed by atoms with Crippen LogP contribution in [0, 0.1) is 11.3 Å². The highest BCUT2D eigenvalue weighted by Crippen LogP contribution is 2.33. The first kappa shape index (κ1) is 24.1. The van der Waals surface area contributed by atoms with E-state index in [9.17, 15) is 10.1 Å². The fourth-order valence-corrected chi connectivity index (χ4v) is 4.91. The minimum atomic E-state index is 0.0159. The number of aromatic amines is 1. The quantitative estimate of drug-likeness (QED) is 0.429. The molecule has 2 aromatic heterocycles. The summed E-state index contributed by atoms with van der Waals surface area (Å²) in [6.45, 7) is 3.71. The highest BCUT2D eigenvalue weighted by molar-refractivity contribution is 5.96. The number of nitriles is 1. The van der Waals surface area contributed by atoms with Crippen molar-refractivity contribution in [1.82, 2.24) is 19.9 Å². The molecule has 6 rings (SSSR count). The van der Waals surface area contributed by atoms with E-state index in [1.807, 2.05) is 53.4 Å². The van der Waals surface area contributed by atoms with Gasteiger partial charge < -0.3 is 24.1 Å². The Bertz CT molecular complexity index is 1500. The van der Waals surface area contributed by atoms with Gasteiger partial charge in [0.15, 0.2) is 0 Å². The molecule has 192 valence electrons. The van der Waals surface area contributed by atoms with E-state index in [0.717, 1.165) is 40.7 Å². The summed E-state index contributed by atoms with van der Waals surface area (Å²) in [4.78, 5) is 26.9. The molecule has 0 radical (unpaired) electrons. The fraction of sp³-hybridized carbons (Fsp3) is 0.310. The molecule has 0 aliphatic carbocycles. The normalized spacial score (nSPS) is 16.3. The van der Waals surface area contributed by atoms with Gasteiger partial charge in [0.05, 0.1) is 37.7 Å². The molecule has 0 bridgehead atoms. The van der Waals surface area contributed by atoms with Gasteiger partial charge in [-0.15, -0.1) is 0 Å². The van der Waals surface area contributed by atoms with E-state index in [-0.39, 0.29) is 12.0 Å². The monoisotopic (exact) mass is 509 g/mol. The molecule has 2 aliphatic heterocycles. The van der Waals surface area contributed by atoms with E-state index < -0.39 is 0 Å². The van der Waals surface area contributed by atoms with E-state index in [2.05, 4.69) is 21.0 Å². The van der Waals surface area contributed by atoms with Gasteiger partial charge in [-0.1, -0.05) is 12.1 Å². The van der Waals surface area contributed by atoms with Crippen molar-refractivity contribution in [3.8, 4) is 34.3 Å². The van der Waals surface area contributed by atoms with E-state index in [1.165, 1.54) is 6.33 Å². The molecule has 38 heavy (non-hydrogen) atoms. The van der Waals surface area contributed by atoms with Crippen molar-refractivity contribution in [2.24, 2.45) is 0 Å². The van der Waals surface area contributed by atoms with E-state index >= 15 is 0 Å². The van der Waals surface area contributed by atoms with Gasteiger partial charge >= 0.3 is 0 Å². The number of nitrogens with zero attached hydrogens (tertiary/aromatic N) is 4. The van der Waals surface area contributed by atoms with Crippen LogP contribution in [0.3, 0.4) is 0 Å². The van der Waals surface area contributed by atoms with Gasteiger partial charge in [-0.3, -0.25) is 4.79 Å². The van der Waals surface area contributed by atoms with Gasteiger partial charge in [-0.05, 0) is 42.0 Å². The highest BCUT2D eigenvalue weighted by Gasteiger charge is 2.20. The first-order chi connectivity index (χ1) is 18.7. The standard InChI is InChI=1S/C29H27N5O4/c30-17-22-15-21(5-6-26(22)38-23-7-11-36-12-8-23)27-24-16-25(33-28(24)32-18-31-27)19-1-3-20(4-2-19)29(35)34-9-13-37-14-10-34/h1-6,15-16,18,23H,7-14H2,(H,31,32,33). The maximum Gasteiger partial charge on any atom is 0.254 e. The molecule has 2 aliphatic rings. The molecule has 2 saturated heterocycles. The average molecular weight is 510 g/mol. The van der Waals surface area contributed by atoms with Gasteiger partial charge in [0, 0.05) is 48.1 Å². The fourth-order valence-electron chi connectivity index (χ4n) is 4.91. The summed E-state index contributed by atoms with van der Waals surface area (Å²) in [5.74, 6) is 0.595. The molecular weight excluding hydrogens is 482 g/mol. The number of hydrogen-bond donors (Lipinski definition) is 1. The summed E-state index contributed by atoms with van der Waals surface area (Å²) in [7, 11) is 0. The van der Waals surface area contributed by atoms with Crippen molar-refractivity contribution >= 4 is 16.9 Å². The highest BCUT2D eigenvalue weighted by atomic mass is 16.5. The largest absolute Gasteiger partial charge is 0.489 e. The number of aromatic nitrogens is 3. The number of H-pyrrole nitrogens is 1. The van der Waals surface area contributed by atoms with Crippen molar-refractivity contribution in [2.75, 3.05) is 39.5 Å². The van der Waals surface area contributed by atoms with E-state index in [1.54, 1.807) is 0 Å². The van der Waals surface area contributed by atoms with Gasteiger partial charge in [0.1, 0.15) is 29.9 Å². The van der Waals surface area contributed by atoms with Crippen molar-refractivity contribution < 1.29 is 19.0 Å². The van der Waals surface area contributed by atoms with Crippen LogP contribution in [0.1, 0.15) is 28.8 Å². The SMILES string of the molecule is N#Cc1cc(-c2ncnc3[nH]c(-c4ccc(C(=O)N5CCOCC5)cc4)cc23)ccc1OC1CCOCC1. The van der Waals surface area contributed by atoms with Crippen LogP contribution in [0.5, 0.6) is 5.75 Å². The van der Waals surface area contributed by atoms with Crippen LogP contribution in [-0.2, 0) is 9.47 Å². The maximum atomic E-state index is 12.8. The number of morpholine rings is 1. The van der Waals surface area contributed by atoms with Crippen LogP contribution in [0.4, 0.5) is 0 Å². The third-order valence-electron chi connectivity index (χ3n) is 7.00. The zero-order chi connectivity index (χ0) is 25.9. The minimum absolute atomic E-state index is 0.0159. The first-order valence-electron chi connectivity index (χ1n) is 12.8. The molecule has 0 atom stereocenters. The van der Waals surface area contributed by atoms with Crippen LogP contribution in [0.15, 0.2) is 54.9 Å². The van der Waals surface area contributed by atoms with Crippen molar-refractivity contribution in [1.29, 1.82) is 5.26 Å². The van der Waals surface area contributed by atoms with Crippen molar-refractivity contribution in [3.63, 3.8) is 0 Å². The van der Waals surface area contributed by atoms with Crippen molar-refractivity contribution in [3.05, 3.63) is 66.0 Å². The molecule has 0 spiro atoms. The summed E-state index contributed by atoms with van der Waals surface area (Å²) in [6, 6.07) is 17.4. The second-order valence-corrected chi connectivity index (χ2v) is 9.40. The Morgan fingerprint density at radius 2 is 1.71 bits per heavy atom. The lowest BCUT2D eigenvalue weighted by Crippen LogP contribution is -2.40. The van der Waals surface area contributed by atoms with Crippen molar-refractivity contribution in [2.45, 2.75) is 18.9 Å². The lowest BCUT2D eigenvalue weighted by atomic mass is 10.0. The molecule has 1 N–H and O–H groups in total. The van der Waals surface area contributed by atoms with Crippen LogP contribution < -0.4 is 4.74 Å². The zero-order valence-electron chi connectivity index (χ0n) is 20.9. The second-order valence-electron chi connectivity index (χ2n) is 9.40. The Morgan fingerprint density at radius 3 is 2.47 bits per heavy atom. The van der Waals surface area contributed by atoms with Gasteiger partial charge in [-0.2, -0.15) is 5.26 Å². The summed E-state index contributed by atoms with van der Waals surface area (Å²) in [5.41, 5.74) is 5.16. The third kappa shape index (κ3) is 4.84. The van der Waals surface area contributed by atoms with Gasteiger partial charge in [-0.25, -0.2) is 9.97 Å². The molecule has 9 heteroatoms. The average Bonchev–Trinajstić information content (AvgIpc) is 3.43. The minimum Gasteiger partial charge on any atom is -0.489 e. The van der Waals surface area contributed by atoms with Gasteiger partial charge in [0.25, 0.3) is 5.91 Å².